The van der Waals surface area contributed by atoms with Gasteiger partial charge in [0.1, 0.15) is 5.82 Å². The highest BCUT2D eigenvalue weighted by Gasteiger charge is 2.27. The van der Waals surface area contributed by atoms with Crippen LogP contribution in [0.1, 0.15) is 56.6 Å². The summed E-state index contributed by atoms with van der Waals surface area (Å²) < 4.78 is 6.95. The van der Waals surface area contributed by atoms with Crippen LogP contribution in [-0.4, -0.2) is 40.7 Å². The molecule has 1 N–H and O–H groups in total. The molecule has 4 aromatic rings. The van der Waals surface area contributed by atoms with Crippen LogP contribution >= 0.6 is 0 Å². The number of amides is 2. The van der Waals surface area contributed by atoms with Crippen LogP contribution in [0.4, 0.5) is 10.5 Å². The van der Waals surface area contributed by atoms with Gasteiger partial charge in [0.2, 0.25) is 0 Å². The van der Waals surface area contributed by atoms with Crippen LogP contribution in [0.5, 0.6) is 0 Å². The van der Waals surface area contributed by atoms with Gasteiger partial charge in [-0.05, 0) is 66.8 Å². The largest absolute Gasteiger partial charge is 0.383 e. The summed E-state index contributed by atoms with van der Waals surface area (Å²) in [4.78, 5) is 33.9. The molecule has 0 bridgehead atoms. The number of nitrogens with zero attached hydrogens (tertiary/aromatic N) is 3. The molecule has 1 atom stereocenters. The normalized spacial score (nSPS) is 12.1. The fourth-order valence-corrected chi connectivity index (χ4v) is 4.51. The Morgan fingerprint density at radius 3 is 2.32 bits per heavy atom. The Hall–Kier alpha value is -3.97. The van der Waals surface area contributed by atoms with Crippen molar-refractivity contribution < 1.29 is 9.53 Å². The van der Waals surface area contributed by atoms with Crippen molar-refractivity contribution in [2.24, 2.45) is 0 Å². The summed E-state index contributed by atoms with van der Waals surface area (Å²) in [6.45, 7) is 8.92. The maximum atomic E-state index is 13.8. The van der Waals surface area contributed by atoms with Gasteiger partial charge in [-0.1, -0.05) is 57.2 Å². The highest BCUT2D eigenvalue weighted by atomic mass is 16.5. The van der Waals surface area contributed by atoms with Crippen LogP contribution in [-0.2, 0) is 11.2 Å². The number of nitrogens with one attached hydrogen (secondary N) is 1. The number of fused-ring (bicyclic) bond motifs is 1. The summed E-state index contributed by atoms with van der Waals surface area (Å²) in [7, 11) is 1.60. The van der Waals surface area contributed by atoms with Crippen molar-refractivity contribution in [2.45, 2.75) is 46.1 Å². The second-order valence-electron chi connectivity index (χ2n) is 9.72. The van der Waals surface area contributed by atoms with Gasteiger partial charge in [0, 0.05) is 19.3 Å². The van der Waals surface area contributed by atoms with Crippen LogP contribution in [0.2, 0.25) is 0 Å². The number of hydrogen-bond donors (Lipinski definition) is 1. The van der Waals surface area contributed by atoms with Crippen molar-refractivity contribution in [3.8, 4) is 5.69 Å². The number of carbonyl (C=O) groups is 1. The number of urea groups is 1. The number of hydrogen-bond acceptors (Lipinski definition) is 4. The van der Waals surface area contributed by atoms with Crippen molar-refractivity contribution in [3.63, 3.8) is 0 Å². The van der Waals surface area contributed by atoms with Gasteiger partial charge < -0.3 is 15.0 Å². The molecule has 0 aliphatic rings. The zero-order valence-electron chi connectivity index (χ0n) is 22.8. The molecule has 0 radical (unpaired) electrons. The second kappa shape index (κ2) is 12.0. The first-order valence-electron chi connectivity index (χ1n) is 13.1. The van der Waals surface area contributed by atoms with Gasteiger partial charge in [-0.25, -0.2) is 9.78 Å². The topological polar surface area (TPSA) is 76.5 Å². The Labute approximate surface area is 224 Å². The highest BCUT2D eigenvalue weighted by molar-refractivity contribution is 5.89. The molecule has 1 heterocycles. The molecule has 38 heavy (non-hydrogen) atoms. The standard InChI is InChI=1S/C31H36N4O3/c1-6-23-11-17-26(18-12-23)35-29(33-28-10-8-7-9-27(28)30(35)36)22(4)34(19-20-38-5)31(37)32-25-15-13-24(14-16-25)21(2)3/h7-18,21-22H,6,19-20H2,1-5H3,(H,32,37). The zero-order valence-corrected chi connectivity index (χ0v) is 22.8. The maximum Gasteiger partial charge on any atom is 0.322 e. The lowest BCUT2D eigenvalue weighted by atomic mass is 10.0. The predicted molar refractivity (Wildman–Crippen MR) is 153 cm³/mol. The molecule has 7 heteroatoms. The number of aromatic nitrogens is 2. The smallest absolute Gasteiger partial charge is 0.322 e. The Morgan fingerprint density at radius 1 is 1.00 bits per heavy atom. The SMILES string of the molecule is CCc1ccc(-n2c(C(C)N(CCOC)C(=O)Nc3ccc(C(C)C)cc3)nc3ccccc3c2=O)cc1. The van der Waals surface area contributed by atoms with Gasteiger partial charge >= 0.3 is 6.03 Å². The number of ether oxygens (including phenoxy) is 1. The molecule has 1 aromatic heterocycles. The van der Waals surface area contributed by atoms with Crippen LogP contribution in [0.3, 0.4) is 0 Å². The van der Waals surface area contributed by atoms with Crippen LogP contribution in [0, 0.1) is 0 Å². The number of benzene rings is 3. The molecular weight excluding hydrogens is 476 g/mol. The van der Waals surface area contributed by atoms with E-state index in [0.717, 1.165) is 6.42 Å². The van der Waals surface area contributed by atoms with Gasteiger partial charge in [0.25, 0.3) is 5.56 Å². The number of carbonyl (C=O) groups excluding carboxylic acids is 1. The minimum absolute atomic E-state index is 0.168. The summed E-state index contributed by atoms with van der Waals surface area (Å²) in [6, 6.07) is 22.2. The zero-order chi connectivity index (χ0) is 27.2. The molecule has 2 amide bonds. The van der Waals surface area contributed by atoms with E-state index < -0.39 is 6.04 Å². The van der Waals surface area contributed by atoms with E-state index in [4.69, 9.17) is 9.72 Å². The summed E-state index contributed by atoms with van der Waals surface area (Å²) in [5, 5.41) is 3.54. The van der Waals surface area contributed by atoms with Crippen molar-refractivity contribution in [2.75, 3.05) is 25.6 Å². The third-order valence-corrected chi connectivity index (χ3v) is 6.87. The highest BCUT2D eigenvalue weighted by Crippen LogP contribution is 2.25. The van der Waals surface area contributed by atoms with Gasteiger partial charge in [-0.3, -0.25) is 9.36 Å². The van der Waals surface area contributed by atoms with E-state index in [-0.39, 0.29) is 11.6 Å². The summed E-state index contributed by atoms with van der Waals surface area (Å²) >= 11 is 0. The maximum absolute atomic E-state index is 13.8. The minimum Gasteiger partial charge on any atom is -0.383 e. The van der Waals surface area contributed by atoms with E-state index in [1.807, 2.05) is 73.7 Å². The quantitative estimate of drug-likeness (QED) is 0.285. The number of para-hydroxylation sites is 1. The second-order valence-corrected chi connectivity index (χ2v) is 9.72. The molecule has 0 aliphatic heterocycles. The molecule has 1 unspecified atom stereocenters. The lowest BCUT2D eigenvalue weighted by Crippen LogP contribution is -2.41. The van der Waals surface area contributed by atoms with E-state index in [9.17, 15) is 9.59 Å². The average molecular weight is 513 g/mol. The number of rotatable bonds is 9. The average Bonchev–Trinajstić information content (AvgIpc) is 2.93. The monoisotopic (exact) mass is 512 g/mol. The van der Waals surface area contributed by atoms with Crippen molar-refractivity contribution in [1.82, 2.24) is 14.5 Å². The Morgan fingerprint density at radius 2 is 1.68 bits per heavy atom. The minimum atomic E-state index is -0.525. The third kappa shape index (κ3) is 5.78. The molecular formula is C31H36N4O3. The van der Waals surface area contributed by atoms with Gasteiger partial charge in [-0.15, -0.1) is 0 Å². The first-order valence-corrected chi connectivity index (χ1v) is 13.1. The van der Waals surface area contributed by atoms with E-state index in [2.05, 4.69) is 26.1 Å². The van der Waals surface area contributed by atoms with Gasteiger partial charge in [0.15, 0.2) is 0 Å². The third-order valence-electron chi connectivity index (χ3n) is 6.87. The van der Waals surface area contributed by atoms with Crippen LogP contribution < -0.4 is 10.9 Å². The van der Waals surface area contributed by atoms with E-state index in [1.54, 1.807) is 22.6 Å². The van der Waals surface area contributed by atoms with Crippen LogP contribution in [0.15, 0.2) is 77.6 Å². The summed E-state index contributed by atoms with van der Waals surface area (Å²) in [6.07, 6.45) is 0.900. The molecule has 7 nitrogen and oxygen atoms in total. The molecule has 0 saturated carbocycles. The van der Waals surface area contributed by atoms with E-state index in [0.29, 0.717) is 47.2 Å². The predicted octanol–water partition coefficient (Wildman–Crippen LogP) is 6.31. The molecule has 0 saturated heterocycles. The molecule has 0 aliphatic carbocycles. The molecule has 198 valence electrons. The first-order chi connectivity index (χ1) is 18.3. The van der Waals surface area contributed by atoms with Crippen molar-refractivity contribution in [1.29, 1.82) is 0 Å². The molecule has 0 fully saturated rings. The Kier molecular flexibility index (Phi) is 8.59. The number of methoxy groups -OCH3 is 1. The summed E-state index contributed by atoms with van der Waals surface area (Å²) in [5.74, 6) is 0.888. The van der Waals surface area contributed by atoms with Gasteiger partial charge in [0.05, 0.1) is 29.2 Å². The lowest BCUT2D eigenvalue weighted by Gasteiger charge is -2.30. The summed E-state index contributed by atoms with van der Waals surface area (Å²) in [5.41, 5.74) is 4.22. The molecule has 0 spiro atoms. The Balaban J connectivity index is 1.77. The van der Waals surface area contributed by atoms with E-state index >= 15 is 0 Å². The lowest BCUT2D eigenvalue weighted by molar-refractivity contribution is 0.137. The number of aryl methyl sites for hydroxylation is 1. The first kappa shape index (κ1) is 27.1. The fraction of sp³-hybridized carbons (Fsp3) is 0.323. The van der Waals surface area contributed by atoms with Crippen molar-refractivity contribution >= 4 is 22.6 Å². The van der Waals surface area contributed by atoms with Crippen LogP contribution in [0.25, 0.3) is 16.6 Å². The fourth-order valence-electron chi connectivity index (χ4n) is 4.51. The van der Waals surface area contributed by atoms with Gasteiger partial charge in [-0.2, -0.15) is 0 Å². The van der Waals surface area contributed by atoms with E-state index in [1.165, 1.54) is 11.1 Å². The van der Waals surface area contributed by atoms with Crippen molar-refractivity contribution in [3.05, 3.63) is 100 Å². The molecule has 4 rings (SSSR count). The Bertz CT molecular complexity index is 1440. The number of anilines is 1. The molecule has 3 aromatic carbocycles.